The molecule has 0 atom stereocenters. The van der Waals surface area contributed by atoms with Gasteiger partial charge in [0.05, 0.1) is 6.20 Å². The summed E-state index contributed by atoms with van der Waals surface area (Å²) in [4.78, 5) is 4.15. The molecular formula is C17H22N2O. The predicted octanol–water partition coefficient (Wildman–Crippen LogP) is 4.07. The third kappa shape index (κ3) is 4.35. The Kier molecular flexibility index (Phi) is 4.40. The average molecular weight is 270 g/mol. The van der Waals surface area contributed by atoms with Crippen molar-refractivity contribution in [2.24, 2.45) is 0 Å². The third-order valence-electron chi connectivity index (χ3n) is 2.93. The molecule has 0 spiro atoms. The van der Waals surface area contributed by atoms with Crippen LogP contribution in [0.1, 0.15) is 31.9 Å². The molecule has 1 aromatic heterocycles. The summed E-state index contributed by atoms with van der Waals surface area (Å²) in [5.74, 6) is 1.63. The van der Waals surface area contributed by atoms with E-state index in [0.717, 1.165) is 23.6 Å². The first-order valence-electron chi connectivity index (χ1n) is 6.86. The standard InChI is InChI=1S/C17H22N2O/c1-13-5-7-15(8-6-13)20-16-12-18-10-9-14(16)11-19-17(2,3)4/h5-10,12,19H,11H2,1-4H3. The zero-order valence-corrected chi connectivity index (χ0v) is 12.6. The van der Waals surface area contributed by atoms with Crippen molar-refractivity contribution in [2.45, 2.75) is 39.8 Å². The lowest BCUT2D eigenvalue weighted by atomic mass is 10.1. The largest absolute Gasteiger partial charge is 0.455 e. The van der Waals surface area contributed by atoms with Crippen LogP contribution in [0.3, 0.4) is 0 Å². The van der Waals surface area contributed by atoms with Crippen LogP contribution in [0.15, 0.2) is 42.7 Å². The molecule has 2 rings (SSSR count). The number of hydrogen-bond donors (Lipinski definition) is 1. The van der Waals surface area contributed by atoms with Gasteiger partial charge in [-0.1, -0.05) is 17.7 Å². The molecule has 0 saturated carbocycles. The first kappa shape index (κ1) is 14.5. The zero-order valence-electron chi connectivity index (χ0n) is 12.6. The van der Waals surface area contributed by atoms with Gasteiger partial charge in [-0.2, -0.15) is 0 Å². The summed E-state index contributed by atoms with van der Waals surface area (Å²) >= 11 is 0. The maximum absolute atomic E-state index is 5.93. The molecule has 0 aliphatic carbocycles. The minimum Gasteiger partial charge on any atom is -0.455 e. The number of nitrogens with one attached hydrogen (secondary N) is 1. The Balaban J connectivity index is 2.13. The molecule has 1 aromatic carbocycles. The molecule has 3 heteroatoms. The molecule has 0 radical (unpaired) electrons. The Labute approximate surface area is 121 Å². The topological polar surface area (TPSA) is 34.1 Å². The lowest BCUT2D eigenvalue weighted by molar-refractivity contribution is 0.413. The smallest absolute Gasteiger partial charge is 0.150 e. The summed E-state index contributed by atoms with van der Waals surface area (Å²) in [7, 11) is 0. The van der Waals surface area contributed by atoms with Crippen LogP contribution in [0.5, 0.6) is 11.5 Å². The maximum atomic E-state index is 5.93. The van der Waals surface area contributed by atoms with Crippen molar-refractivity contribution in [3.8, 4) is 11.5 Å². The van der Waals surface area contributed by atoms with Crippen LogP contribution >= 0.6 is 0 Å². The van der Waals surface area contributed by atoms with Gasteiger partial charge in [-0.05, 0) is 45.9 Å². The molecule has 20 heavy (non-hydrogen) atoms. The van der Waals surface area contributed by atoms with E-state index >= 15 is 0 Å². The lowest BCUT2D eigenvalue weighted by Crippen LogP contribution is -2.35. The van der Waals surface area contributed by atoms with Crippen molar-refractivity contribution in [3.63, 3.8) is 0 Å². The molecule has 0 fully saturated rings. The van der Waals surface area contributed by atoms with Crippen LogP contribution in [-0.2, 0) is 6.54 Å². The molecule has 3 nitrogen and oxygen atoms in total. The number of pyridine rings is 1. The van der Waals surface area contributed by atoms with Gasteiger partial charge in [0.1, 0.15) is 11.5 Å². The van der Waals surface area contributed by atoms with Crippen LogP contribution in [-0.4, -0.2) is 10.5 Å². The number of rotatable bonds is 4. The van der Waals surface area contributed by atoms with Crippen LogP contribution < -0.4 is 10.1 Å². The van der Waals surface area contributed by atoms with Crippen LogP contribution in [0.4, 0.5) is 0 Å². The van der Waals surface area contributed by atoms with Crippen molar-refractivity contribution in [2.75, 3.05) is 0 Å². The third-order valence-corrected chi connectivity index (χ3v) is 2.93. The number of aromatic nitrogens is 1. The Morgan fingerprint density at radius 2 is 1.80 bits per heavy atom. The van der Waals surface area contributed by atoms with Crippen molar-refractivity contribution < 1.29 is 4.74 Å². The Morgan fingerprint density at radius 1 is 1.10 bits per heavy atom. The second kappa shape index (κ2) is 6.06. The molecule has 0 amide bonds. The number of ether oxygens (including phenoxy) is 1. The molecule has 0 aliphatic rings. The van der Waals surface area contributed by atoms with Gasteiger partial charge in [-0.25, -0.2) is 0 Å². The lowest BCUT2D eigenvalue weighted by Gasteiger charge is -2.21. The molecule has 106 valence electrons. The summed E-state index contributed by atoms with van der Waals surface area (Å²) in [6.45, 7) is 9.26. The average Bonchev–Trinajstić information content (AvgIpc) is 2.39. The zero-order chi connectivity index (χ0) is 14.6. The van der Waals surface area contributed by atoms with Gasteiger partial charge in [-0.3, -0.25) is 4.98 Å². The number of nitrogens with zero attached hydrogens (tertiary/aromatic N) is 1. The highest BCUT2D eigenvalue weighted by atomic mass is 16.5. The fourth-order valence-electron chi connectivity index (χ4n) is 1.74. The monoisotopic (exact) mass is 270 g/mol. The van der Waals surface area contributed by atoms with E-state index in [-0.39, 0.29) is 5.54 Å². The quantitative estimate of drug-likeness (QED) is 0.909. The van der Waals surface area contributed by atoms with Gasteiger partial charge < -0.3 is 10.1 Å². The first-order chi connectivity index (χ1) is 9.44. The van der Waals surface area contributed by atoms with E-state index in [4.69, 9.17) is 4.74 Å². The van der Waals surface area contributed by atoms with Gasteiger partial charge in [0.15, 0.2) is 0 Å². The van der Waals surface area contributed by atoms with E-state index in [9.17, 15) is 0 Å². The molecule has 0 saturated heterocycles. The number of hydrogen-bond acceptors (Lipinski definition) is 3. The Morgan fingerprint density at radius 3 is 2.45 bits per heavy atom. The molecule has 0 aliphatic heterocycles. The molecule has 2 aromatic rings. The van der Waals surface area contributed by atoms with E-state index in [2.05, 4.69) is 38.0 Å². The van der Waals surface area contributed by atoms with Crippen LogP contribution in [0.2, 0.25) is 0 Å². The Hall–Kier alpha value is -1.87. The van der Waals surface area contributed by atoms with E-state index in [1.54, 1.807) is 12.4 Å². The van der Waals surface area contributed by atoms with Crippen molar-refractivity contribution in [1.82, 2.24) is 10.3 Å². The summed E-state index contributed by atoms with van der Waals surface area (Å²) in [6.07, 6.45) is 3.56. The van der Waals surface area contributed by atoms with Crippen molar-refractivity contribution in [3.05, 3.63) is 53.9 Å². The molecular weight excluding hydrogens is 248 g/mol. The molecule has 1 N–H and O–H groups in total. The van der Waals surface area contributed by atoms with Crippen molar-refractivity contribution in [1.29, 1.82) is 0 Å². The fourth-order valence-corrected chi connectivity index (χ4v) is 1.74. The van der Waals surface area contributed by atoms with Gasteiger partial charge >= 0.3 is 0 Å². The van der Waals surface area contributed by atoms with Gasteiger partial charge in [0.25, 0.3) is 0 Å². The fraction of sp³-hybridized carbons (Fsp3) is 0.353. The second-order valence-corrected chi connectivity index (χ2v) is 6.00. The van der Waals surface area contributed by atoms with E-state index < -0.39 is 0 Å². The highest BCUT2D eigenvalue weighted by Crippen LogP contribution is 2.24. The minimum absolute atomic E-state index is 0.0738. The van der Waals surface area contributed by atoms with E-state index in [1.807, 2.05) is 30.3 Å². The predicted molar refractivity (Wildman–Crippen MR) is 82.1 cm³/mol. The van der Waals surface area contributed by atoms with Gasteiger partial charge in [0, 0.05) is 23.8 Å². The molecule has 0 bridgehead atoms. The maximum Gasteiger partial charge on any atom is 0.150 e. The SMILES string of the molecule is Cc1ccc(Oc2cnccc2CNC(C)(C)C)cc1. The summed E-state index contributed by atoms with van der Waals surface area (Å²) in [6, 6.07) is 10.0. The molecule has 0 unspecified atom stereocenters. The van der Waals surface area contributed by atoms with Crippen molar-refractivity contribution >= 4 is 0 Å². The summed E-state index contributed by atoms with van der Waals surface area (Å²) < 4.78 is 5.93. The Bertz CT molecular complexity index is 556. The minimum atomic E-state index is 0.0738. The van der Waals surface area contributed by atoms with Crippen LogP contribution in [0, 0.1) is 6.92 Å². The molecule has 1 heterocycles. The highest BCUT2D eigenvalue weighted by Gasteiger charge is 2.11. The van der Waals surface area contributed by atoms with E-state index in [0.29, 0.717) is 0 Å². The first-order valence-corrected chi connectivity index (χ1v) is 6.86. The normalized spacial score (nSPS) is 11.4. The number of aryl methyl sites for hydroxylation is 1. The number of benzene rings is 1. The second-order valence-electron chi connectivity index (χ2n) is 6.00. The summed E-state index contributed by atoms with van der Waals surface area (Å²) in [5.41, 5.74) is 2.40. The summed E-state index contributed by atoms with van der Waals surface area (Å²) in [5, 5.41) is 3.47. The van der Waals surface area contributed by atoms with E-state index in [1.165, 1.54) is 5.56 Å². The van der Waals surface area contributed by atoms with Gasteiger partial charge in [-0.15, -0.1) is 0 Å². The van der Waals surface area contributed by atoms with Crippen LogP contribution in [0.25, 0.3) is 0 Å². The highest BCUT2D eigenvalue weighted by molar-refractivity contribution is 5.36. The van der Waals surface area contributed by atoms with Gasteiger partial charge in [0.2, 0.25) is 0 Å².